The van der Waals surface area contributed by atoms with Crippen LogP contribution in [0, 0.1) is 5.41 Å². The molecule has 1 heterocycles. The van der Waals surface area contributed by atoms with Gasteiger partial charge in [-0.25, -0.2) is 4.98 Å². The summed E-state index contributed by atoms with van der Waals surface area (Å²) >= 11 is 0. The van der Waals surface area contributed by atoms with Gasteiger partial charge in [-0.2, -0.15) is 0 Å². The first-order valence-electron chi connectivity index (χ1n) is 6.23. The Labute approximate surface area is 116 Å². The van der Waals surface area contributed by atoms with Crippen molar-refractivity contribution in [3.05, 3.63) is 35.7 Å². The van der Waals surface area contributed by atoms with Crippen LogP contribution in [0.3, 0.4) is 0 Å². The third kappa shape index (κ3) is 1.97. The molecule has 1 aliphatic heterocycles. The zero-order valence-electron chi connectivity index (χ0n) is 11.6. The lowest BCUT2D eigenvalue weighted by Gasteiger charge is -2.13. The smallest absolute Gasteiger partial charge is 0.155 e. The number of hydrogen-bond donors (Lipinski definition) is 1. The molecular formula is C15H15N3O2. The number of benzene rings is 2. The third-order valence-electron chi connectivity index (χ3n) is 3.20. The van der Waals surface area contributed by atoms with Crippen LogP contribution >= 0.6 is 0 Å². The fourth-order valence-electron chi connectivity index (χ4n) is 2.09. The van der Waals surface area contributed by atoms with Crippen LogP contribution in [0.15, 0.2) is 34.7 Å². The lowest BCUT2D eigenvalue weighted by Crippen LogP contribution is -2.08. The van der Waals surface area contributed by atoms with Gasteiger partial charge < -0.3 is 14.1 Å². The summed E-state index contributed by atoms with van der Waals surface area (Å²) in [4.78, 5) is 6.56. The first-order valence-corrected chi connectivity index (χ1v) is 6.23. The van der Waals surface area contributed by atoms with Crippen molar-refractivity contribution < 1.29 is 9.15 Å². The fourth-order valence-corrected chi connectivity index (χ4v) is 2.09. The number of nitrogens with one attached hydrogen (secondary N) is 1. The van der Waals surface area contributed by atoms with Gasteiger partial charge in [-0.15, -0.1) is 0 Å². The molecule has 0 atom stereocenters. The number of ether oxygens (including phenoxy) is 1. The minimum Gasteiger partial charge on any atom is -0.494 e. The van der Waals surface area contributed by atoms with Gasteiger partial charge in [-0.3, -0.25) is 5.41 Å². The topological polar surface area (TPSA) is 62.4 Å². The zero-order chi connectivity index (χ0) is 14.3. The van der Waals surface area contributed by atoms with Crippen molar-refractivity contribution in [1.29, 1.82) is 5.41 Å². The molecule has 0 amide bonds. The predicted molar refractivity (Wildman–Crippen MR) is 77.4 cm³/mol. The van der Waals surface area contributed by atoms with Crippen LogP contribution in [0.1, 0.15) is 0 Å². The van der Waals surface area contributed by atoms with Gasteiger partial charge in [-0.1, -0.05) is 0 Å². The van der Waals surface area contributed by atoms with Gasteiger partial charge in [-0.05, 0) is 12.1 Å². The normalized spacial score (nSPS) is 10.9. The molecule has 5 nitrogen and oxygen atoms in total. The molecule has 0 radical (unpaired) electrons. The van der Waals surface area contributed by atoms with Gasteiger partial charge in [0.15, 0.2) is 11.3 Å². The molecule has 1 aromatic rings. The van der Waals surface area contributed by atoms with Gasteiger partial charge in [0.1, 0.15) is 17.0 Å². The molecule has 102 valence electrons. The SMILES string of the molecule is COc1cc2nc3ccc(N(C)C)cc3oc-2cc1=N. The maximum absolute atomic E-state index is 7.85. The van der Waals surface area contributed by atoms with E-state index in [1.807, 2.05) is 37.2 Å². The van der Waals surface area contributed by atoms with Crippen molar-refractivity contribution in [2.24, 2.45) is 0 Å². The number of rotatable bonds is 2. The summed E-state index contributed by atoms with van der Waals surface area (Å²) in [6, 6.07) is 9.21. The van der Waals surface area contributed by atoms with Gasteiger partial charge in [0.25, 0.3) is 0 Å². The molecule has 5 heteroatoms. The summed E-state index contributed by atoms with van der Waals surface area (Å²) in [5, 5.41) is 8.14. The van der Waals surface area contributed by atoms with Crippen molar-refractivity contribution in [3.8, 4) is 17.2 Å². The monoisotopic (exact) mass is 269 g/mol. The molecular weight excluding hydrogens is 254 g/mol. The predicted octanol–water partition coefficient (Wildman–Crippen LogP) is 2.49. The second-order valence-electron chi connectivity index (χ2n) is 4.78. The summed E-state index contributed by atoms with van der Waals surface area (Å²) in [6.45, 7) is 0. The number of fused-ring (bicyclic) bond motifs is 2. The molecule has 0 spiro atoms. The van der Waals surface area contributed by atoms with Crippen molar-refractivity contribution in [2.45, 2.75) is 0 Å². The van der Waals surface area contributed by atoms with E-state index in [9.17, 15) is 0 Å². The van der Waals surface area contributed by atoms with E-state index in [0.29, 0.717) is 22.8 Å². The molecule has 0 unspecified atom stereocenters. The number of methoxy groups -OCH3 is 1. The van der Waals surface area contributed by atoms with E-state index in [-0.39, 0.29) is 5.36 Å². The Morgan fingerprint density at radius 1 is 1.20 bits per heavy atom. The second kappa shape index (κ2) is 4.52. The van der Waals surface area contributed by atoms with Gasteiger partial charge >= 0.3 is 0 Å². The Morgan fingerprint density at radius 3 is 2.70 bits per heavy atom. The maximum atomic E-state index is 7.85. The van der Waals surface area contributed by atoms with E-state index in [1.54, 1.807) is 19.2 Å². The largest absolute Gasteiger partial charge is 0.494 e. The van der Waals surface area contributed by atoms with E-state index in [1.165, 1.54) is 0 Å². The minimum atomic E-state index is 0.286. The van der Waals surface area contributed by atoms with E-state index in [4.69, 9.17) is 14.6 Å². The van der Waals surface area contributed by atoms with Crippen LogP contribution in [0.25, 0.3) is 22.6 Å². The molecule has 3 rings (SSSR count). The first-order chi connectivity index (χ1) is 9.58. The minimum absolute atomic E-state index is 0.286. The van der Waals surface area contributed by atoms with Crippen LogP contribution in [-0.4, -0.2) is 26.2 Å². The number of anilines is 1. The summed E-state index contributed by atoms with van der Waals surface area (Å²) in [6.07, 6.45) is 0. The molecule has 0 aromatic heterocycles. The van der Waals surface area contributed by atoms with E-state index < -0.39 is 0 Å². The van der Waals surface area contributed by atoms with Crippen molar-refractivity contribution in [2.75, 3.05) is 26.1 Å². The van der Waals surface area contributed by atoms with Crippen molar-refractivity contribution >= 4 is 16.8 Å². The maximum Gasteiger partial charge on any atom is 0.155 e. The average molecular weight is 269 g/mol. The van der Waals surface area contributed by atoms with Crippen molar-refractivity contribution in [3.63, 3.8) is 0 Å². The third-order valence-corrected chi connectivity index (χ3v) is 3.20. The van der Waals surface area contributed by atoms with Gasteiger partial charge in [0, 0.05) is 38.0 Å². The summed E-state index contributed by atoms with van der Waals surface area (Å²) in [5.74, 6) is 1.07. The van der Waals surface area contributed by atoms with E-state index in [0.717, 1.165) is 11.2 Å². The van der Waals surface area contributed by atoms with Crippen LogP contribution < -0.4 is 15.0 Å². The second-order valence-corrected chi connectivity index (χ2v) is 4.78. The lowest BCUT2D eigenvalue weighted by atomic mass is 10.2. The lowest BCUT2D eigenvalue weighted by molar-refractivity contribution is 0.408. The summed E-state index contributed by atoms with van der Waals surface area (Å²) in [5.41, 5.74) is 3.21. The number of aromatic nitrogens is 1. The Bertz CT molecular complexity index is 808. The van der Waals surface area contributed by atoms with Gasteiger partial charge in [0.05, 0.1) is 12.5 Å². The Morgan fingerprint density at radius 2 is 2.00 bits per heavy atom. The van der Waals surface area contributed by atoms with Gasteiger partial charge in [0.2, 0.25) is 0 Å². The Hall–Kier alpha value is -2.56. The highest BCUT2D eigenvalue weighted by atomic mass is 16.5. The highest BCUT2D eigenvalue weighted by Crippen LogP contribution is 2.28. The molecule has 0 saturated carbocycles. The van der Waals surface area contributed by atoms with E-state index >= 15 is 0 Å². The molecule has 1 aliphatic carbocycles. The van der Waals surface area contributed by atoms with Crippen molar-refractivity contribution in [1.82, 2.24) is 4.98 Å². The standard InChI is InChI=1S/C15H15N3O2/c1-18(2)9-4-5-11-14(6-9)20-15-7-10(16)13(19-3)8-12(15)17-11/h4-8,16H,1-3H3. The molecule has 0 bridgehead atoms. The quantitative estimate of drug-likeness (QED) is 0.726. The Kier molecular flexibility index (Phi) is 2.82. The Balaban J connectivity index is 2.30. The molecule has 20 heavy (non-hydrogen) atoms. The van der Waals surface area contributed by atoms with Crippen LogP contribution in [0.2, 0.25) is 0 Å². The summed E-state index contributed by atoms with van der Waals surface area (Å²) < 4.78 is 11.0. The highest BCUT2D eigenvalue weighted by Gasteiger charge is 2.12. The molecule has 1 aromatic carbocycles. The molecule has 0 fully saturated rings. The van der Waals surface area contributed by atoms with Crippen LogP contribution in [0.5, 0.6) is 5.75 Å². The molecule has 1 N–H and O–H groups in total. The zero-order valence-corrected chi connectivity index (χ0v) is 11.6. The molecule has 2 aliphatic rings. The van der Waals surface area contributed by atoms with Crippen LogP contribution in [0.4, 0.5) is 5.69 Å². The van der Waals surface area contributed by atoms with Crippen LogP contribution in [-0.2, 0) is 0 Å². The van der Waals surface area contributed by atoms with E-state index in [2.05, 4.69) is 4.98 Å². The first kappa shape index (κ1) is 12.5. The highest BCUT2D eigenvalue weighted by molar-refractivity contribution is 5.80. The fraction of sp³-hybridized carbons (Fsp3) is 0.200. The average Bonchev–Trinajstić information content (AvgIpc) is 2.43. The number of hydrogen-bond acceptors (Lipinski definition) is 5. The molecule has 0 saturated heterocycles. The summed E-state index contributed by atoms with van der Waals surface area (Å²) in [7, 11) is 5.49. The number of nitrogens with zero attached hydrogens (tertiary/aromatic N) is 2.